The van der Waals surface area contributed by atoms with Gasteiger partial charge in [-0.3, -0.25) is 0 Å². The maximum absolute atomic E-state index is 6.01. The van der Waals surface area contributed by atoms with Crippen LogP contribution >= 0.6 is 11.3 Å². The molecular formula is C15H17NOS. The van der Waals surface area contributed by atoms with Crippen LogP contribution < -0.4 is 10.5 Å². The van der Waals surface area contributed by atoms with E-state index in [4.69, 9.17) is 10.5 Å². The summed E-state index contributed by atoms with van der Waals surface area (Å²) >= 11 is 1.68. The number of hydrogen-bond acceptors (Lipinski definition) is 3. The molecule has 3 rings (SSSR count). The molecule has 0 spiro atoms. The molecule has 1 aliphatic carbocycles. The summed E-state index contributed by atoms with van der Waals surface area (Å²) in [6.45, 7) is 0.508. The van der Waals surface area contributed by atoms with Crippen molar-refractivity contribution in [3.8, 4) is 5.75 Å². The van der Waals surface area contributed by atoms with Crippen molar-refractivity contribution in [1.29, 1.82) is 0 Å². The zero-order valence-electron chi connectivity index (χ0n) is 10.3. The standard InChI is InChI=1S/C15H17NOS/c16-9-15(13-6-7-18-10-13)17-14-5-4-11-2-1-3-12(11)8-14/h4-8,10,15H,1-3,9,16H2. The Morgan fingerprint density at radius 1 is 1.22 bits per heavy atom. The van der Waals surface area contributed by atoms with Crippen molar-refractivity contribution in [2.45, 2.75) is 25.4 Å². The zero-order chi connectivity index (χ0) is 12.4. The predicted molar refractivity (Wildman–Crippen MR) is 75.2 cm³/mol. The number of hydrogen-bond donors (Lipinski definition) is 1. The highest BCUT2D eigenvalue weighted by Gasteiger charge is 2.15. The molecule has 0 aliphatic heterocycles. The van der Waals surface area contributed by atoms with Crippen LogP contribution in [0.4, 0.5) is 0 Å². The molecule has 2 aromatic rings. The van der Waals surface area contributed by atoms with Gasteiger partial charge < -0.3 is 10.5 Å². The first-order valence-corrected chi connectivity index (χ1v) is 7.32. The largest absolute Gasteiger partial charge is 0.484 e. The summed E-state index contributed by atoms with van der Waals surface area (Å²) in [5, 5.41) is 4.16. The topological polar surface area (TPSA) is 35.2 Å². The molecule has 0 radical (unpaired) electrons. The van der Waals surface area contributed by atoms with E-state index in [1.54, 1.807) is 11.3 Å². The lowest BCUT2D eigenvalue weighted by Crippen LogP contribution is -2.17. The Morgan fingerprint density at radius 2 is 2.11 bits per heavy atom. The van der Waals surface area contributed by atoms with Crippen LogP contribution in [0, 0.1) is 0 Å². The first-order chi connectivity index (χ1) is 8.86. The van der Waals surface area contributed by atoms with Crippen LogP contribution in [0.2, 0.25) is 0 Å². The molecule has 1 aliphatic rings. The van der Waals surface area contributed by atoms with Crippen LogP contribution in [0.5, 0.6) is 5.75 Å². The summed E-state index contributed by atoms with van der Waals surface area (Å²) in [5.41, 5.74) is 9.89. The maximum atomic E-state index is 6.01. The summed E-state index contributed by atoms with van der Waals surface area (Å²) < 4.78 is 6.01. The first-order valence-electron chi connectivity index (χ1n) is 6.37. The van der Waals surface area contributed by atoms with E-state index in [9.17, 15) is 0 Å². The molecule has 0 amide bonds. The van der Waals surface area contributed by atoms with E-state index in [1.165, 1.54) is 36.0 Å². The maximum Gasteiger partial charge on any atom is 0.137 e. The van der Waals surface area contributed by atoms with Crippen LogP contribution in [-0.4, -0.2) is 6.54 Å². The number of aryl methyl sites for hydroxylation is 2. The SMILES string of the molecule is NCC(Oc1ccc2c(c1)CCC2)c1ccsc1. The average molecular weight is 259 g/mol. The summed E-state index contributed by atoms with van der Waals surface area (Å²) in [6, 6.07) is 8.52. The van der Waals surface area contributed by atoms with Crippen molar-refractivity contribution >= 4 is 11.3 Å². The Kier molecular flexibility index (Phi) is 3.35. The van der Waals surface area contributed by atoms with Gasteiger partial charge >= 0.3 is 0 Å². The molecule has 1 heterocycles. The van der Waals surface area contributed by atoms with Gasteiger partial charge in [-0.1, -0.05) is 6.07 Å². The van der Waals surface area contributed by atoms with Gasteiger partial charge in [0.1, 0.15) is 11.9 Å². The van der Waals surface area contributed by atoms with Gasteiger partial charge in [0.05, 0.1) is 0 Å². The van der Waals surface area contributed by atoms with E-state index in [1.807, 2.05) is 0 Å². The van der Waals surface area contributed by atoms with E-state index in [0.717, 1.165) is 5.75 Å². The second-order valence-corrected chi connectivity index (χ2v) is 5.46. The molecule has 2 N–H and O–H groups in total. The molecule has 18 heavy (non-hydrogen) atoms. The molecule has 1 aromatic carbocycles. The van der Waals surface area contributed by atoms with Gasteiger partial charge in [-0.15, -0.1) is 0 Å². The minimum atomic E-state index is -0.0318. The minimum Gasteiger partial charge on any atom is -0.484 e. The molecule has 94 valence electrons. The fourth-order valence-corrected chi connectivity index (χ4v) is 3.20. The number of ether oxygens (including phenoxy) is 1. The van der Waals surface area contributed by atoms with Crippen molar-refractivity contribution in [2.75, 3.05) is 6.54 Å². The molecule has 1 aromatic heterocycles. The molecule has 1 atom stereocenters. The second kappa shape index (κ2) is 5.12. The van der Waals surface area contributed by atoms with Gasteiger partial charge in [-0.2, -0.15) is 11.3 Å². The normalized spacial score (nSPS) is 15.4. The smallest absolute Gasteiger partial charge is 0.137 e. The lowest BCUT2D eigenvalue weighted by molar-refractivity contribution is 0.214. The van der Waals surface area contributed by atoms with Crippen molar-refractivity contribution in [1.82, 2.24) is 0 Å². The van der Waals surface area contributed by atoms with Gasteiger partial charge in [-0.05, 0) is 59.3 Å². The predicted octanol–water partition coefficient (Wildman–Crippen LogP) is 3.32. The summed E-state index contributed by atoms with van der Waals surface area (Å²) in [6.07, 6.45) is 3.62. The Morgan fingerprint density at radius 3 is 2.89 bits per heavy atom. The molecule has 0 saturated carbocycles. The molecule has 0 fully saturated rings. The van der Waals surface area contributed by atoms with Crippen LogP contribution in [0.1, 0.15) is 29.2 Å². The number of rotatable bonds is 4. The van der Waals surface area contributed by atoms with E-state index in [2.05, 4.69) is 35.0 Å². The monoisotopic (exact) mass is 259 g/mol. The minimum absolute atomic E-state index is 0.0318. The molecule has 0 saturated heterocycles. The highest BCUT2D eigenvalue weighted by atomic mass is 32.1. The Balaban J connectivity index is 1.79. The van der Waals surface area contributed by atoms with Gasteiger partial charge in [0, 0.05) is 12.1 Å². The molecule has 1 unspecified atom stereocenters. The van der Waals surface area contributed by atoms with E-state index in [-0.39, 0.29) is 6.10 Å². The molecule has 3 heteroatoms. The third kappa shape index (κ3) is 2.28. The number of benzene rings is 1. The lowest BCUT2D eigenvalue weighted by atomic mass is 10.1. The zero-order valence-corrected chi connectivity index (χ0v) is 11.1. The van der Waals surface area contributed by atoms with E-state index < -0.39 is 0 Å². The van der Waals surface area contributed by atoms with Gasteiger partial charge in [0.25, 0.3) is 0 Å². The third-order valence-corrected chi connectivity index (χ3v) is 4.18. The fourth-order valence-electron chi connectivity index (χ4n) is 2.50. The average Bonchev–Trinajstić information content (AvgIpc) is 3.06. The molecule has 2 nitrogen and oxygen atoms in total. The van der Waals surface area contributed by atoms with Crippen LogP contribution in [-0.2, 0) is 12.8 Å². The van der Waals surface area contributed by atoms with Crippen molar-refractivity contribution in [2.24, 2.45) is 5.73 Å². The number of fused-ring (bicyclic) bond motifs is 1. The Hall–Kier alpha value is -1.32. The van der Waals surface area contributed by atoms with E-state index in [0.29, 0.717) is 6.54 Å². The molecular weight excluding hydrogens is 242 g/mol. The van der Waals surface area contributed by atoms with Crippen molar-refractivity contribution < 1.29 is 4.74 Å². The summed E-state index contributed by atoms with van der Waals surface area (Å²) in [7, 11) is 0. The number of thiophene rings is 1. The second-order valence-electron chi connectivity index (χ2n) is 4.68. The van der Waals surface area contributed by atoms with Gasteiger partial charge in [0.2, 0.25) is 0 Å². The van der Waals surface area contributed by atoms with Crippen LogP contribution in [0.3, 0.4) is 0 Å². The summed E-state index contributed by atoms with van der Waals surface area (Å²) in [5.74, 6) is 0.942. The molecule has 0 bridgehead atoms. The quantitative estimate of drug-likeness (QED) is 0.914. The highest BCUT2D eigenvalue weighted by Crippen LogP contribution is 2.29. The van der Waals surface area contributed by atoms with Crippen molar-refractivity contribution in [3.05, 3.63) is 51.7 Å². The Bertz CT molecular complexity index is 521. The third-order valence-electron chi connectivity index (χ3n) is 3.48. The highest BCUT2D eigenvalue weighted by molar-refractivity contribution is 7.07. The first kappa shape index (κ1) is 11.8. The lowest BCUT2D eigenvalue weighted by Gasteiger charge is -2.17. The van der Waals surface area contributed by atoms with Gasteiger partial charge in [-0.25, -0.2) is 0 Å². The van der Waals surface area contributed by atoms with E-state index >= 15 is 0 Å². The van der Waals surface area contributed by atoms with Gasteiger partial charge in [0.15, 0.2) is 0 Å². The van der Waals surface area contributed by atoms with Crippen molar-refractivity contribution in [3.63, 3.8) is 0 Å². The number of nitrogens with two attached hydrogens (primary N) is 1. The van der Waals surface area contributed by atoms with Crippen LogP contribution in [0.25, 0.3) is 0 Å². The Labute approximate surface area is 111 Å². The summed E-state index contributed by atoms with van der Waals surface area (Å²) in [4.78, 5) is 0. The fraction of sp³-hybridized carbons (Fsp3) is 0.333. The van der Waals surface area contributed by atoms with Crippen LogP contribution in [0.15, 0.2) is 35.0 Å².